The van der Waals surface area contributed by atoms with Crippen molar-refractivity contribution in [3.8, 4) is 16.9 Å². The van der Waals surface area contributed by atoms with Gasteiger partial charge in [-0.2, -0.15) is 0 Å². The topological polar surface area (TPSA) is 165 Å². The summed E-state index contributed by atoms with van der Waals surface area (Å²) in [6, 6.07) is 8.38. The van der Waals surface area contributed by atoms with Crippen LogP contribution < -0.4 is 10.6 Å². The number of primary amides is 1. The number of aliphatic hydroxyl groups excluding tert-OH is 2. The molecule has 10 nitrogen and oxygen atoms in total. The highest BCUT2D eigenvalue weighted by atomic mass is 16.3. The van der Waals surface area contributed by atoms with Crippen molar-refractivity contribution in [1.82, 2.24) is 4.90 Å². The third-order valence-corrected chi connectivity index (χ3v) is 8.85. The number of phenolic OH excluding ortho intramolecular Hbond substituents is 1. The second-order valence-corrected chi connectivity index (χ2v) is 11.6. The van der Waals surface area contributed by atoms with Crippen molar-refractivity contribution in [2.45, 2.75) is 37.8 Å². The van der Waals surface area contributed by atoms with Gasteiger partial charge in [0.25, 0.3) is 5.91 Å². The van der Waals surface area contributed by atoms with Crippen LogP contribution in [0.25, 0.3) is 16.9 Å². The Balaban J connectivity index is 1.76. The molecule has 0 heterocycles. The summed E-state index contributed by atoms with van der Waals surface area (Å²) in [7, 11) is 6.83. The van der Waals surface area contributed by atoms with Crippen LogP contribution in [0.3, 0.4) is 0 Å². The van der Waals surface area contributed by atoms with Gasteiger partial charge in [0.15, 0.2) is 11.4 Å². The molecule has 0 radical (unpaired) electrons. The molecule has 5 rings (SSSR count). The molecule has 1 unspecified atom stereocenters. The summed E-state index contributed by atoms with van der Waals surface area (Å²) in [6.45, 7) is 2.04. The van der Waals surface area contributed by atoms with Gasteiger partial charge in [0.05, 0.1) is 11.6 Å². The van der Waals surface area contributed by atoms with Gasteiger partial charge in [-0.05, 0) is 62.0 Å². The van der Waals surface area contributed by atoms with E-state index in [4.69, 9.17) is 5.73 Å². The Morgan fingerprint density at radius 2 is 1.71 bits per heavy atom. The summed E-state index contributed by atoms with van der Waals surface area (Å²) < 4.78 is 0. The van der Waals surface area contributed by atoms with Crippen LogP contribution in [0, 0.1) is 11.8 Å². The van der Waals surface area contributed by atoms with Crippen LogP contribution in [-0.4, -0.2) is 82.6 Å². The predicted molar refractivity (Wildman–Crippen MR) is 153 cm³/mol. The van der Waals surface area contributed by atoms with Crippen molar-refractivity contribution in [3.63, 3.8) is 0 Å². The number of carbonyl (C=O) groups excluding carboxylic acids is 3. The zero-order chi connectivity index (χ0) is 30.1. The minimum Gasteiger partial charge on any atom is -0.508 e. The molecule has 3 aliphatic carbocycles. The Morgan fingerprint density at radius 1 is 1.07 bits per heavy atom. The molecule has 0 spiro atoms. The Hall–Kier alpha value is -4.15. The number of ketones is 2. The van der Waals surface area contributed by atoms with Crippen LogP contribution in [0.2, 0.25) is 0 Å². The average molecular weight is 562 g/mol. The van der Waals surface area contributed by atoms with Gasteiger partial charge in [-0.3, -0.25) is 19.3 Å². The van der Waals surface area contributed by atoms with E-state index in [1.54, 1.807) is 14.1 Å². The molecule has 41 heavy (non-hydrogen) atoms. The van der Waals surface area contributed by atoms with E-state index < -0.39 is 58.0 Å². The molecule has 1 fully saturated rings. The summed E-state index contributed by atoms with van der Waals surface area (Å²) in [5.41, 5.74) is 5.43. The first-order valence-electron chi connectivity index (χ1n) is 13.6. The quantitative estimate of drug-likeness (QED) is 0.344. The molecule has 0 aromatic heterocycles. The number of fused-ring (bicyclic) bond motifs is 3. The molecule has 0 saturated heterocycles. The van der Waals surface area contributed by atoms with Crippen LogP contribution in [0.5, 0.6) is 5.75 Å². The molecule has 0 aliphatic heterocycles. The molecule has 216 valence electrons. The second-order valence-electron chi connectivity index (χ2n) is 11.6. The van der Waals surface area contributed by atoms with Gasteiger partial charge in [0.1, 0.15) is 22.8 Å². The van der Waals surface area contributed by atoms with Crippen molar-refractivity contribution in [1.29, 1.82) is 0 Å². The first-order chi connectivity index (χ1) is 19.2. The van der Waals surface area contributed by atoms with E-state index in [0.717, 1.165) is 17.7 Å². The van der Waals surface area contributed by atoms with E-state index in [2.05, 4.69) is 0 Å². The Bertz CT molecular complexity index is 1550. The number of phenols is 1. The molecule has 0 bridgehead atoms. The summed E-state index contributed by atoms with van der Waals surface area (Å²) >= 11 is 0. The molecular formula is C31H35N3O7. The van der Waals surface area contributed by atoms with Crippen molar-refractivity contribution in [2.24, 2.45) is 17.6 Å². The Kier molecular flexibility index (Phi) is 6.74. The lowest BCUT2D eigenvalue weighted by Crippen LogP contribution is -2.65. The van der Waals surface area contributed by atoms with E-state index in [1.165, 1.54) is 4.90 Å². The van der Waals surface area contributed by atoms with Crippen LogP contribution >= 0.6 is 0 Å². The van der Waals surface area contributed by atoms with Gasteiger partial charge in [-0.25, -0.2) is 0 Å². The van der Waals surface area contributed by atoms with E-state index >= 15 is 0 Å². The smallest absolute Gasteiger partial charge is 0.255 e. The summed E-state index contributed by atoms with van der Waals surface area (Å²) in [5.74, 6) is -6.64. The highest BCUT2D eigenvalue weighted by Gasteiger charge is 2.64. The van der Waals surface area contributed by atoms with Gasteiger partial charge in [-0.1, -0.05) is 31.2 Å². The molecule has 1 saturated carbocycles. The number of nitrogens with zero attached hydrogens (tertiary/aromatic N) is 2. The lowest BCUT2D eigenvalue weighted by molar-refractivity contribution is -0.153. The lowest BCUT2D eigenvalue weighted by Gasteiger charge is -2.50. The normalized spacial score (nSPS) is 25.7. The third-order valence-electron chi connectivity index (χ3n) is 8.85. The zero-order valence-electron chi connectivity index (χ0n) is 23.7. The lowest BCUT2D eigenvalue weighted by atomic mass is 9.57. The number of hydrogen-bond acceptors (Lipinski definition) is 9. The van der Waals surface area contributed by atoms with E-state index in [0.29, 0.717) is 16.7 Å². The van der Waals surface area contributed by atoms with Crippen molar-refractivity contribution in [2.75, 3.05) is 33.1 Å². The maximum Gasteiger partial charge on any atom is 0.255 e. The second kappa shape index (κ2) is 9.74. The summed E-state index contributed by atoms with van der Waals surface area (Å²) in [6.07, 6.45) is 1.11. The average Bonchev–Trinajstić information content (AvgIpc) is 2.90. The number of likely N-dealkylation sites (N-methyl/N-ethyl adjacent to an activating group) is 1. The maximum absolute atomic E-state index is 14.1. The van der Waals surface area contributed by atoms with Gasteiger partial charge in [0, 0.05) is 36.8 Å². The highest BCUT2D eigenvalue weighted by molar-refractivity contribution is 6.24. The number of aryl methyl sites for hydroxylation is 1. The van der Waals surface area contributed by atoms with E-state index in [9.17, 15) is 34.8 Å². The largest absolute Gasteiger partial charge is 0.508 e. The highest BCUT2D eigenvalue weighted by Crippen LogP contribution is 2.54. The van der Waals surface area contributed by atoms with Crippen LogP contribution in [0.4, 0.5) is 5.69 Å². The van der Waals surface area contributed by atoms with E-state index in [1.807, 2.05) is 56.3 Å². The Labute approximate surface area is 238 Å². The molecule has 2 aromatic rings. The number of aliphatic hydroxyl groups is 3. The SMILES string of the molecule is CCc1ccc(-c2cc(N(C)C)c3c(c2O)C(O)=C2C(=O)[C@]4(O)C(O)=C(C(N)=O)C(=O)[C@@H](N(C)C)C4C[C@@H]2C3)cc1. The number of hydrogen-bond donors (Lipinski definition) is 5. The number of Topliss-reactive ketones (excluding diaryl/α,β-unsaturated/α-hetero) is 2. The third kappa shape index (κ3) is 3.96. The van der Waals surface area contributed by atoms with Crippen LogP contribution in [0.1, 0.15) is 30.0 Å². The minimum absolute atomic E-state index is 0.0413. The molecule has 4 atom stereocenters. The number of amides is 1. The monoisotopic (exact) mass is 561 g/mol. The van der Waals surface area contributed by atoms with Gasteiger partial charge in [0.2, 0.25) is 5.78 Å². The van der Waals surface area contributed by atoms with Gasteiger partial charge < -0.3 is 31.1 Å². The number of nitrogens with two attached hydrogens (primary N) is 1. The van der Waals surface area contributed by atoms with E-state index in [-0.39, 0.29) is 29.7 Å². The van der Waals surface area contributed by atoms with Crippen molar-refractivity contribution >= 4 is 28.9 Å². The summed E-state index contributed by atoms with van der Waals surface area (Å²) in [4.78, 5) is 42.9. The van der Waals surface area contributed by atoms with Crippen molar-refractivity contribution < 1.29 is 34.8 Å². The fourth-order valence-electron chi connectivity index (χ4n) is 6.83. The fourth-order valence-corrected chi connectivity index (χ4v) is 6.83. The molecule has 6 N–H and O–H groups in total. The molecule has 1 amide bonds. The van der Waals surface area contributed by atoms with Crippen LogP contribution in [0.15, 0.2) is 47.2 Å². The first kappa shape index (κ1) is 28.4. The number of aromatic hydroxyl groups is 1. The summed E-state index contributed by atoms with van der Waals surface area (Å²) in [5, 5.41) is 46.0. The number of rotatable bonds is 5. The molecular weight excluding hydrogens is 526 g/mol. The molecule has 3 aliphatic rings. The van der Waals surface area contributed by atoms with Crippen LogP contribution in [-0.2, 0) is 27.2 Å². The van der Waals surface area contributed by atoms with Gasteiger partial charge in [-0.15, -0.1) is 0 Å². The maximum atomic E-state index is 14.1. The predicted octanol–water partition coefficient (Wildman–Crippen LogP) is 2.26. The molecule has 2 aromatic carbocycles. The first-order valence-corrected chi connectivity index (χ1v) is 13.6. The fraction of sp³-hybridized carbons (Fsp3) is 0.387. The Morgan fingerprint density at radius 3 is 2.24 bits per heavy atom. The number of benzene rings is 2. The van der Waals surface area contributed by atoms with Crippen molar-refractivity contribution in [3.05, 3.63) is 63.9 Å². The number of carbonyl (C=O) groups is 3. The van der Waals surface area contributed by atoms with Gasteiger partial charge >= 0.3 is 0 Å². The standard InChI is InChI=1S/C31H35N3O7/c1-6-14-7-9-15(10-8-14)17-13-20(33(2)3)18-11-16-12-19-24(34(4)5)27(37)23(30(32)40)29(39)31(19,41)28(38)21(16)26(36)22(18)25(17)35/h7-10,13,16,19,24,35-36,39,41H,6,11-12H2,1-5H3,(H2,32,40)/t16-,19?,24-,31-/m0/s1. The molecule has 10 heteroatoms. The number of anilines is 1. The zero-order valence-corrected chi connectivity index (χ0v) is 23.7. The minimum atomic E-state index is -2.67.